The number of aromatic nitrogens is 2. The minimum absolute atomic E-state index is 0.133. The molecule has 0 bridgehead atoms. The summed E-state index contributed by atoms with van der Waals surface area (Å²) in [5.41, 5.74) is 0.442. The highest BCUT2D eigenvalue weighted by Crippen LogP contribution is 2.34. The number of nitrogens with one attached hydrogen (secondary N) is 1. The van der Waals surface area contributed by atoms with Crippen molar-refractivity contribution < 1.29 is 22.6 Å². The lowest BCUT2D eigenvalue weighted by Gasteiger charge is -2.32. The molecule has 158 valence electrons. The first kappa shape index (κ1) is 20.6. The summed E-state index contributed by atoms with van der Waals surface area (Å²) >= 11 is 0. The summed E-state index contributed by atoms with van der Waals surface area (Å²) in [7, 11) is 1.67. The van der Waals surface area contributed by atoms with E-state index in [2.05, 4.69) is 15.5 Å². The molecule has 30 heavy (non-hydrogen) atoms. The fourth-order valence-electron chi connectivity index (χ4n) is 3.78. The normalized spacial score (nSPS) is 19.7. The Hall–Kier alpha value is -2.71. The maximum absolute atomic E-state index is 12.9. The summed E-state index contributed by atoms with van der Waals surface area (Å²) in [5, 5.41) is 13.9. The molecule has 0 radical (unpaired) electrons. The highest BCUT2D eigenvalue weighted by Gasteiger charge is 2.30. The van der Waals surface area contributed by atoms with Crippen molar-refractivity contribution in [3.8, 4) is 11.3 Å². The molecule has 5 nitrogen and oxygen atoms in total. The summed E-state index contributed by atoms with van der Waals surface area (Å²) < 4.78 is 49.5. The summed E-state index contributed by atoms with van der Waals surface area (Å²) in [6.45, 7) is 1.85. The number of rotatable bonds is 5. The lowest BCUT2D eigenvalue weighted by atomic mass is 9.96. The third kappa shape index (κ3) is 4.24. The van der Waals surface area contributed by atoms with Gasteiger partial charge in [-0.2, -0.15) is 13.2 Å². The summed E-state index contributed by atoms with van der Waals surface area (Å²) in [6.07, 6.45) is -3.55. The van der Waals surface area contributed by atoms with Gasteiger partial charge < -0.3 is 14.8 Å². The number of fused-ring (bicyclic) bond motifs is 1. The molecule has 0 amide bonds. The fraction of sp³-hybridized carbons (Fsp3) is 0.364. The lowest BCUT2D eigenvalue weighted by molar-refractivity contribution is -0.137. The first-order valence-electron chi connectivity index (χ1n) is 9.73. The minimum Gasteiger partial charge on any atom is -0.384 e. The van der Waals surface area contributed by atoms with E-state index in [1.807, 2.05) is 24.3 Å². The molecule has 3 aromatic rings. The standard InChI is InChI=1S/C22H22F3N3O2/c1-29-12-15-13-30-11-10-19(15)26-21-18-5-3-2-4-17(18)20(27-28-21)14-6-8-16(9-7-14)22(23,24)25/h2-9,15,19H,10-13H2,1H3,(H,26,28). The van der Waals surface area contributed by atoms with E-state index in [1.165, 1.54) is 12.1 Å². The van der Waals surface area contributed by atoms with Gasteiger partial charge in [-0.1, -0.05) is 36.4 Å². The van der Waals surface area contributed by atoms with E-state index in [1.54, 1.807) is 7.11 Å². The Bertz CT molecular complexity index is 1010. The number of methoxy groups -OCH3 is 1. The molecule has 2 aromatic carbocycles. The van der Waals surface area contributed by atoms with E-state index in [-0.39, 0.29) is 12.0 Å². The number of nitrogens with zero attached hydrogens (tertiary/aromatic N) is 2. The Morgan fingerprint density at radius 2 is 1.80 bits per heavy atom. The Balaban J connectivity index is 1.68. The van der Waals surface area contributed by atoms with Gasteiger partial charge in [-0.05, 0) is 18.6 Å². The quantitative estimate of drug-likeness (QED) is 0.648. The third-order valence-electron chi connectivity index (χ3n) is 5.35. The van der Waals surface area contributed by atoms with Gasteiger partial charge >= 0.3 is 6.18 Å². The van der Waals surface area contributed by atoms with Crippen molar-refractivity contribution in [2.75, 3.05) is 32.2 Å². The second-order valence-corrected chi connectivity index (χ2v) is 7.35. The van der Waals surface area contributed by atoms with Crippen molar-refractivity contribution in [1.29, 1.82) is 0 Å². The largest absolute Gasteiger partial charge is 0.416 e. The fourth-order valence-corrected chi connectivity index (χ4v) is 3.78. The van der Waals surface area contributed by atoms with Crippen molar-refractivity contribution in [2.24, 2.45) is 5.92 Å². The van der Waals surface area contributed by atoms with Crippen molar-refractivity contribution >= 4 is 16.6 Å². The van der Waals surface area contributed by atoms with Crippen LogP contribution in [0.3, 0.4) is 0 Å². The van der Waals surface area contributed by atoms with Gasteiger partial charge in [0.25, 0.3) is 0 Å². The van der Waals surface area contributed by atoms with Gasteiger partial charge in [0.15, 0.2) is 5.82 Å². The van der Waals surface area contributed by atoms with Gasteiger partial charge in [-0.15, -0.1) is 10.2 Å². The van der Waals surface area contributed by atoms with Gasteiger partial charge in [0.1, 0.15) is 5.69 Å². The van der Waals surface area contributed by atoms with E-state index in [4.69, 9.17) is 9.47 Å². The van der Waals surface area contributed by atoms with Gasteiger partial charge in [0.05, 0.1) is 18.8 Å². The molecule has 4 rings (SSSR count). The monoisotopic (exact) mass is 417 g/mol. The number of halogens is 3. The molecular formula is C22H22F3N3O2. The first-order valence-corrected chi connectivity index (χ1v) is 9.73. The second-order valence-electron chi connectivity index (χ2n) is 7.35. The zero-order valence-electron chi connectivity index (χ0n) is 16.4. The zero-order valence-corrected chi connectivity index (χ0v) is 16.4. The van der Waals surface area contributed by atoms with E-state index in [0.717, 1.165) is 29.3 Å². The molecule has 0 spiro atoms. The Labute approximate surface area is 172 Å². The molecular weight excluding hydrogens is 395 g/mol. The number of anilines is 1. The highest BCUT2D eigenvalue weighted by atomic mass is 19.4. The zero-order chi connectivity index (χ0) is 21.1. The SMILES string of the molecule is COCC1COCCC1Nc1nnc(-c2ccc(C(F)(F)F)cc2)c2ccccc12. The average molecular weight is 417 g/mol. The number of benzene rings is 2. The van der Waals surface area contributed by atoms with Gasteiger partial charge in [0.2, 0.25) is 0 Å². The number of hydrogen-bond acceptors (Lipinski definition) is 5. The molecule has 2 unspecified atom stereocenters. The van der Waals surface area contributed by atoms with Crippen LogP contribution in [-0.2, 0) is 15.7 Å². The second kappa shape index (κ2) is 8.57. The summed E-state index contributed by atoms with van der Waals surface area (Å²) in [6, 6.07) is 12.7. The van der Waals surface area contributed by atoms with Crippen LogP contribution in [0.4, 0.5) is 19.0 Å². The van der Waals surface area contributed by atoms with Crippen molar-refractivity contribution in [3.05, 3.63) is 54.1 Å². The van der Waals surface area contributed by atoms with Crippen LogP contribution in [0.15, 0.2) is 48.5 Å². The number of alkyl halides is 3. The van der Waals surface area contributed by atoms with Crippen LogP contribution in [0.1, 0.15) is 12.0 Å². The molecule has 8 heteroatoms. The average Bonchev–Trinajstić information content (AvgIpc) is 2.75. The molecule has 1 aromatic heterocycles. The van der Waals surface area contributed by atoms with Crippen LogP contribution in [0.25, 0.3) is 22.0 Å². The molecule has 1 saturated heterocycles. The molecule has 2 heterocycles. The van der Waals surface area contributed by atoms with Crippen molar-refractivity contribution in [2.45, 2.75) is 18.6 Å². The molecule has 1 aliphatic heterocycles. The van der Waals surface area contributed by atoms with E-state index in [9.17, 15) is 13.2 Å². The smallest absolute Gasteiger partial charge is 0.384 e. The molecule has 1 fully saturated rings. The van der Waals surface area contributed by atoms with Crippen LogP contribution in [0.5, 0.6) is 0 Å². The molecule has 0 saturated carbocycles. The number of ether oxygens (including phenoxy) is 2. The Morgan fingerprint density at radius 1 is 1.07 bits per heavy atom. The highest BCUT2D eigenvalue weighted by molar-refractivity contribution is 6.00. The van der Waals surface area contributed by atoms with E-state index >= 15 is 0 Å². The third-order valence-corrected chi connectivity index (χ3v) is 5.35. The molecule has 1 aliphatic rings. The van der Waals surface area contributed by atoms with Crippen LogP contribution < -0.4 is 5.32 Å². The summed E-state index contributed by atoms with van der Waals surface area (Å²) in [4.78, 5) is 0. The van der Waals surface area contributed by atoms with Gasteiger partial charge in [-0.25, -0.2) is 0 Å². The van der Waals surface area contributed by atoms with Crippen LogP contribution in [0, 0.1) is 5.92 Å². The molecule has 0 aliphatic carbocycles. The molecule has 1 N–H and O–H groups in total. The van der Waals surface area contributed by atoms with E-state index < -0.39 is 11.7 Å². The van der Waals surface area contributed by atoms with Gasteiger partial charge in [0, 0.05) is 42.0 Å². The van der Waals surface area contributed by atoms with E-state index in [0.29, 0.717) is 36.9 Å². The predicted molar refractivity (Wildman–Crippen MR) is 108 cm³/mol. The first-order chi connectivity index (χ1) is 14.5. The predicted octanol–water partition coefficient (Wildman–Crippen LogP) is 4.78. The van der Waals surface area contributed by atoms with Gasteiger partial charge in [-0.3, -0.25) is 0 Å². The topological polar surface area (TPSA) is 56.3 Å². The molecule has 2 atom stereocenters. The van der Waals surface area contributed by atoms with Crippen molar-refractivity contribution in [1.82, 2.24) is 10.2 Å². The summed E-state index contributed by atoms with van der Waals surface area (Å²) in [5.74, 6) is 0.841. The number of hydrogen-bond donors (Lipinski definition) is 1. The van der Waals surface area contributed by atoms with Crippen LogP contribution >= 0.6 is 0 Å². The lowest BCUT2D eigenvalue weighted by Crippen LogP contribution is -2.40. The Morgan fingerprint density at radius 3 is 2.50 bits per heavy atom. The Kier molecular flexibility index (Phi) is 5.87. The maximum atomic E-state index is 12.9. The maximum Gasteiger partial charge on any atom is 0.416 e. The minimum atomic E-state index is -4.37. The van der Waals surface area contributed by atoms with Crippen LogP contribution in [0.2, 0.25) is 0 Å². The van der Waals surface area contributed by atoms with Crippen molar-refractivity contribution in [3.63, 3.8) is 0 Å². The van der Waals surface area contributed by atoms with Crippen LogP contribution in [-0.4, -0.2) is 43.2 Å².